The van der Waals surface area contributed by atoms with Gasteiger partial charge in [0.05, 0.1) is 11.8 Å². The number of rotatable bonds is 4. The molecule has 25 heavy (non-hydrogen) atoms. The Morgan fingerprint density at radius 3 is 2.52 bits per heavy atom. The number of hydrogen-bond donors (Lipinski definition) is 1. The molecule has 0 unspecified atom stereocenters. The average molecular weight is 337 g/mol. The van der Waals surface area contributed by atoms with E-state index in [1.165, 1.54) is 81.2 Å². The normalized spacial score (nSPS) is 29.9. The summed E-state index contributed by atoms with van der Waals surface area (Å²) < 4.78 is 0. The fraction of sp³-hybridized carbons (Fsp3) is 0.609. The fourth-order valence-corrected chi connectivity index (χ4v) is 5.13. The lowest BCUT2D eigenvalue weighted by atomic mass is 9.78. The number of hydrogen-bond acceptors (Lipinski definition) is 2. The smallest absolute Gasteiger partial charge is 0.0667 e. The molecule has 3 aliphatic rings. The molecule has 2 atom stereocenters. The second kappa shape index (κ2) is 8.21. The molecule has 2 saturated carbocycles. The zero-order chi connectivity index (χ0) is 16.9. The van der Waals surface area contributed by atoms with Gasteiger partial charge in [-0.05, 0) is 49.2 Å². The molecule has 0 bridgehead atoms. The molecule has 1 aromatic rings. The van der Waals surface area contributed by atoms with Crippen LogP contribution in [0, 0.1) is 11.8 Å². The molecule has 2 heteroatoms. The summed E-state index contributed by atoms with van der Waals surface area (Å²) in [4.78, 5) is 5.37. The summed E-state index contributed by atoms with van der Waals surface area (Å²) in [6.45, 7) is 1.11. The predicted octanol–water partition coefficient (Wildman–Crippen LogP) is 5.49. The van der Waals surface area contributed by atoms with E-state index in [4.69, 9.17) is 4.99 Å². The number of nitrogens with one attached hydrogen (secondary N) is 1. The van der Waals surface area contributed by atoms with Crippen LogP contribution in [0.1, 0.15) is 69.8 Å². The molecule has 1 aliphatic heterocycles. The Kier molecular flexibility index (Phi) is 5.54. The fourth-order valence-electron chi connectivity index (χ4n) is 5.13. The average Bonchev–Trinajstić information content (AvgIpc) is 3.35. The van der Waals surface area contributed by atoms with Crippen LogP contribution in [0.15, 0.2) is 47.1 Å². The van der Waals surface area contributed by atoms with Crippen LogP contribution in [0.4, 0.5) is 0 Å². The number of aliphatic imine (C=N–C) groups is 1. The predicted molar refractivity (Wildman–Crippen MR) is 106 cm³/mol. The maximum Gasteiger partial charge on any atom is 0.0667 e. The van der Waals surface area contributed by atoms with Gasteiger partial charge in [-0.1, -0.05) is 68.9 Å². The molecule has 1 heterocycles. The summed E-state index contributed by atoms with van der Waals surface area (Å²) in [6, 6.07) is 11.3. The summed E-state index contributed by atoms with van der Waals surface area (Å²) >= 11 is 0. The molecule has 0 spiro atoms. The summed E-state index contributed by atoms with van der Waals surface area (Å²) in [5.41, 5.74) is 3.85. The van der Waals surface area contributed by atoms with E-state index in [0.29, 0.717) is 6.04 Å². The van der Waals surface area contributed by atoms with E-state index >= 15 is 0 Å². The van der Waals surface area contributed by atoms with Crippen molar-refractivity contribution in [3.63, 3.8) is 0 Å². The van der Waals surface area contributed by atoms with E-state index in [9.17, 15) is 0 Å². The summed E-state index contributed by atoms with van der Waals surface area (Å²) in [5.74, 6) is 1.76. The standard InChI is InChI=1S/C23H32N2/c1-3-9-18(10-4-1)21-14-7-15-22(21)25-23(17-20-13-8-16-24-20)19-11-5-2-6-12-19/h2,5-6,11-12,17-18,21-22,24H,1,3-4,7-10,13-16H2/t21-,22-/m1/s1. The Morgan fingerprint density at radius 1 is 0.920 bits per heavy atom. The largest absolute Gasteiger partial charge is 0.388 e. The minimum atomic E-state index is 0.538. The van der Waals surface area contributed by atoms with Gasteiger partial charge in [0.1, 0.15) is 0 Å². The van der Waals surface area contributed by atoms with E-state index in [2.05, 4.69) is 41.7 Å². The second-order valence-corrected chi connectivity index (χ2v) is 8.14. The molecule has 1 aromatic carbocycles. The van der Waals surface area contributed by atoms with Gasteiger partial charge in [-0.25, -0.2) is 0 Å². The lowest BCUT2D eigenvalue weighted by Crippen LogP contribution is -2.25. The highest BCUT2D eigenvalue weighted by Crippen LogP contribution is 2.41. The summed E-state index contributed by atoms with van der Waals surface area (Å²) in [5, 5.41) is 3.54. The highest BCUT2D eigenvalue weighted by Gasteiger charge is 2.34. The maximum absolute atomic E-state index is 5.37. The van der Waals surface area contributed by atoms with Gasteiger partial charge in [0, 0.05) is 12.2 Å². The van der Waals surface area contributed by atoms with Crippen molar-refractivity contribution < 1.29 is 0 Å². The van der Waals surface area contributed by atoms with Crippen LogP contribution >= 0.6 is 0 Å². The molecular weight excluding hydrogens is 304 g/mol. The van der Waals surface area contributed by atoms with Crippen LogP contribution < -0.4 is 5.32 Å². The highest BCUT2D eigenvalue weighted by molar-refractivity contribution is 6.09. The topological polar surface area (TPSA) is 24.4 Å². The minimum Gasteiger partial charge on any atom is -0.388 e. The first-order chi connectivity index (χ1) is 12.4. The minimum absolute atomic E-state index is 0.538. The van der Waals surface area contributed by atoms with Gasteiger partial charge in [-0.2, -0.15) is 0 Å². The van der Waals surface area contributed by atoms with E-state index in [-0.39, 0.29) is 0 Å². The number of nitrogens with zero attached hydrogens (tertiary/aromatic N) is 1. The van der Waals surface area contributed by atoms with Gasteiger partial charge in [0.2, 0.25) is 0 Å². The van der Waals surface area contributed by atoms with Crippen molar-refractivity contribution in [2.75, 3.05) is 6.54 Å². The first kappa shape index (κ1) is 16.9. The Balaban J connectivity index is 1.60. The van der Waals surface area contributed by atoms with Gasteiger partial charge < -0.3 is 5.32 Å². The summed E-state index contributed by atoms with van der Waals surface area (Å²) in [6.07, 6.45) is 16.0. The molecule has 1 N–H and O–H groups in total. The van der Waals surface area contributed by atoms with Crippen molar-refractivity contribution in [1.29, 1.82) is 0 Å². The third kappa shape index (κ3) is 4.16. The van der Waals surface area contributed by atoms with Crippen molar-refractivity contribution in [2.24, 2.45) is 16.8 Å². The molecule has 0 radical (unpaired) electrons. The third-order valence-corrected chi connectivity index (χ3v) is 6.45. The third-order valence-electron chi connectivity index (χ3n) is 6.45. The molecule has 4 rings (SSSR count). The lowest BCUT2D eigenvalue weighted by Gasteiger charge is -2.30. The van der Waals surface area contributed by atoms with Crippen molar-refractivity contribution in [3.05, 3.63) is 47.7 Å². The molecule has 0 aromatic heterocycles. The Hall–Kier alpha value is -1.57. The second-order valence-electron chi connectivity index (χ2n) is 8.14. The van der Waals surface area contributed by atoms with Gasteiger partial charge in [0.15, 0.2) is 0 Å². The lowest BCUT2D eigenvalue weighted by molar-refractivity contribution is 0.235. The van der Waals surface area contributed by atoms with E-state index < -0.39 is 0 Å². The Morgan fingerprint density at radius 2 is 1.76 bits per heavy atom. The van der Waals surface area contributed by atoms with Gasteiger partial charge >= 0.3 is 0 Å². The molecule has 0 amide bonds. The van der Waals surface area contributed by atoms with Crippen LogP contribution in [0.25, 0.3) is 0 Å². The number of benzene rings is 1. The SMILES string of the molecule is C(=C1CCCN1)C(=N[C@@H]1CCC[C@@H]1C1CCCCC1)c1ccccc1. The van der Waals surface area contributed by atoms with Crippen molar-refractivity contribution in [3.8, 4) is 0 Å². The van der Waals surface area contributed by atoms with Gasteiger partial charge in [-0.3, -0.25) is 4.99 Å². The van der Waals surface area contributed by atoms with Crippen LogP contribution in [0.2, 0.25) is 0 Å². The zero-order valence-corrected chi connectivity index (χ0v) is 15.4. The van der Waals surface area contributed by atoms with Crippen LogP contribution in [0.5, 0.6) is 0 Å². The molecule has 2 nitrogen and oxygen atoms in total. The monoisotopic (exact) mass is 336 g/mol. The first-order valence-electron chi connectivity index (χ1n) is 10.5. The quantitative estimate of drug-likeness (QED) is 0.722. The first-order valence-corrected chi connectivity index (χ1v) is 10.5. The van der Waals surface area contributed by atoms with Crippen LogP contribution in [0.3, 0.4) is 0 Å². The van der Waals surface area contributed by atoms with E-state index in [1.807, 2.05) is 0 Å². The van der Waals surface area contributed by atoms with Crippen molar-refractivity contribution >= 4 is 5.71 Å². The molecule has 2 aliphatic carbocycles. The van der Waals surface area contributed by atoms with Crippen LogP contribution in [-0.4, -0.2) is 18.3 Å². The van der Waals surface area contributed by atoms with Crippen molar-refractivity contribution in [1.82, 2.24) is 5.32 Å². The molecule has 1 saturated heterocycles. The van der Waals surface area contributed by atoms with Gasteiger partial charge in [0.25, 0.3) is 0 Å². The number of allylic oxidation sites excluding steroid dienone is 2. The Bertz CT molecular complexity index is 602. The summed E-state index contributed by atoms with van der Waals surface area (Å²) in [7, 11) is 0. The van der Waals surface area contributed by atoms with E-state index in [0.717, 1.165) is 18.4 Å². The maximum atomic E-state index is 5.37. The van der Waals surface area contributed by atoms with Crippen LogP contribution in [-0.2, 0) is 0 Å². The molecular formula is C23H32N2. The van der Waals surface area contributed by atoms with E-state index in [1.54, 1.807) is 0 Å². The molecule has 3 fully saturated rings. The zero-order valence-electron chi connectivity index (χ0n) is 15.4. The Labute approximate surface area is 152 Å². The van der Waals surface area contributed by atoms with Gasteiger partial charge in [-0.15, -0.1) is 0 Å². The highest BCUT2D eigenvalue weighted by atomic mass is 14.9. The van der Waals surface area contributed by atoms with Crippen molar-refractivity contribution in [2.45, 2.75) is 70.3 Å². The molecule has 134 valence electrons.